The number of aliphatic carboxylic acids is 2. The van der Waals surface area contributed by atoms with E-state index < -0.39 is 23.3 Å². The van der Waals surface area contributed by atoms with Crippen molar-refractivity contribution in [2.75, 3.05) is 0 Å². The zero-order chi connectivity index (χ0) is 11.2. The Kier molecular flexibility index (Phi) is 5.71. The van der Waals surface area contributed by atoms with Gasteiger partial charge in [-0.3, -0.25) is 4.79 Å². The van der Waals surface area contributed by atoms with Crippen LogP contribution in [-0.4, -0.2) is 38.6 Å². The van der Waals surface area contributed by atoms with E-state index in [1.165, 1.54) is 13.8 Å². The van der Waals surface area contributed by atoms with Gasteiger partial charge in [-0.15, -0.1) is 0 Å². The molecule has 0 rings (SSSR count). The largest absolute Gasteiger partial charge is 0.479 e. The molecule has 6 heteroatoms. The second-order valence-electron chi connectivity index (χ2n) is 2.73. The van der Waals surface area contributed by atoms with Crippen molar-refractivity contribution >= 4 is 17.7 Å². The summed E-state index contributed by atoms with van der Waals surface area (Å²) >= 11 is 0. The SMILES string of the molecule is CC(=O)C(=O)O.CC(C)(O)C(=O)O. The second kappa shape index (κ2) is 5.26. The quantitative estimate of drug-likeness (QED) is 0.508. The topological polar surface area (TPSA) is 112 Å². The molecule has 0 saturated heterocycles. The Morgan fingerprint density at radius 3 is 1.23 bits per heavy atom. The van der Waals surface area contributed by atoms with Gasteiger partial charge >= 0.3 is 11.9 Å². The molecule has 0 saturated carbocycles. The van der Waals surface area contributed by atoms with Crippen molar-refractivity contribution in [3.8, 4) is 0 Å². The first-order chi connectivity index (χ1) is 5.59. The van der Waals surface area contributed by atoms with Crippen LogP contribution in [0.2, 0.25) is 0 Å². The summed E-state index contributed by atoms with van der Waals surface area (Å²) < 4.78 is 0. The number of carboxylic acids is 2. The van der Waals surface area contributed by atoms with Crippen LogP contribution in [0.5, 0.6) is 0 Å². The lowest BCUT2D eigenvalue weighted by Gasteiger charge is -2.07. The highest BCUT2D eigenvalue weighted by Crippen LogP contribution is 1.97. The monoisotopic (exact) mass is 192 g/mol. The lowest BCUT2D eigenvalue weighted by atomic mass is 10.1. The molecular weight excluding hydrogens is 180 g/mol. The molecule has 0 aromatic rings. The molecule has 0 aliphatic rings. The molecule has 6 nitrogen and oxygen atoms in total. The van der Waals surface area contributed by atoms with Gasteiger partial charge in [0.2, 0.25) is 5.78 Å². The van der Waals surface area contributed by atoms with Gasteiger partial charge in [-0.25, -0.2) is 9.59 Å². The summed E-state index contributed by atoms with van der Waals surface area (Å²) in [6.45, 7) is 3.44. The molecule has 0 aromatic heterocycles. The Bertz CT molecular complexity index is 200. The molecule has 0 aliphatic carbocycles. The van der Waals surface area contributed by atoms with Gasteiger partial charge in [0.25, 0.3) is 0 Å². The van der Waals surface area contributed by atoms with Gasteiger partial charge in [0.1, 0.15) is 0 Å². The lowest BCUT2D eigenvalue weighted by Crippen LogP contribution is -2.30. The molecule has 0 heterocycles. The summed E-state index contributed by atoms with van der Waals surface area (Å²) in [7, 11) is 0. The van der Waals surface area contributed by atoms with Crippen LogP contribution in [0.4, 0.5) is 0 Å². The van der Waals surface area contributed by atoms with E-state index in [0.29, 0.717) is 0 Å². The molecule has 0 bridgehead atoms. The van der Waals surface area contributed by atoms with Crippen molar-refractivity contribution in [1.82, 2.24) is 0 Å². The van der Waals surface area contributed by atoms with Crippen molar-refractivity contribution in [2.24, 2.45) is 0 Å². The Labute approximate surface area is 74.8 Å². The van der Waals surface area contributed by atoms with Crippen LogP contribution >= 0.6 is 0 Å². The zero-order valence-corrected chi connectivity index (χ0v) is 7.57. The Hall–Kier alpha value is -1.43. The maximum absolute atomic E-state index is 9.77. The predicted octanol–water partition coefficient (Wildman–Crippen LogP) is -0.498. The highest BCUT2D eigenvalue weighted by molar-refractivity contribution is 6.31. The van der Waals surface area contributed by atoms with Crippen molar-refractivity contribution in [2.45, 2.75) is 26.4 Å². The number of aliphatic hydroxyl groups is 1. The number of carboxylic acid groups (broad SMARTS) is 2. The van der Waals surface area contributed by atoms with E-state index in [9.17, 15) is 14.4 Å². The molecular formula is C7H12O6. The number of ketones is 1. The minimum absolute atomic E-state index is 0.824. The first kappa shape index (κ1) is 14.1. The number of rotatable bonds is 2. The summed E-state index contributed by atoms with van der Waals surface area (Å²) in [5.41, 5.74) is -1.58. The Morgan fingerprint density at radius 1 is 1.08 bits per heavy atom. The second-order valence-corrected chi connectivity index (χ2v) is 2.73. The lowest BCUT2D eigenvalue weighted by molar-refractivity contribution is -0.154. The molecule has 0 atom stereocenters. The third kappa shape index (κ3) is 10.6. The van der Waals surface area contributed by atoms with E-state index in [-0.39, 0.29) is 0 Å². The van der Waals surface area contributed by atoms with Crippen molar-refractivity contribution < 1.29 is 29.7 Å². The minimum atomic E-state index is -1.58. The van der Waals surface area contributed by atoms with Gasteiger partial charge in [0.05, 0.1) is 0 Å². The van der Waals surface area contributed by atoms with E-state index in [0.717, 1.165) is 6.92 Å². The standard InChI is InChI=1S/C4H8O3.C3H4O3/c1-4(2,7)3(5)6;1-2(4)3(5)6/h7H,1-2H3,(H,5,6);1H3,(H,5,6). The number of hydrogen-bond donors (Lipinski definition) is 3. The molecule has 76 valence electrons. The normalized spacial score (nSPS) is 9.54. The summed E-state index contributed by atoms with van der Waals surface area (Å²) in [6.07, 6.45) is 0. The maximum atomic E-state index is 9.77. The van der Waals surface area contributed by atoms with E-state index >= 15 is 0 Å². The zero-order valence-electron chi connectivity index (χ0n) is 7.57. The molecule has 3 N–H and O–H groups in total. The summed E-state index contributed by atoms with van der Waals surface area (Å²) in [5.74, 6) is -3.41. The number of carbonyl (C=O) groups excluding carboxylic acids is 1. The van der Waals surface area contributed by atoms with Crippen molar-refractivity contribution in [3.05, 3.63) is 0 Å². The van der Waals surface area contributed by atoms with Crippen LogP contribution < -0.4 is 0 Å². The number of carbonyl (C=O) groups is 3. The predicted molar refractivity (Wildman–Crippen MR) is 42.3 cm³/mol. The fraction of sp³-hybridized carbons (Fsp3) is 0.571. The molecule has 0 amide bonds. The van der Waals surface area contributed by atoms with E-state index in [1.807, 2.05) is 0 Å². The third-order valence-electron chi connectivity index (χ3n) is 0.825. The molecule has 0 radical (unpaired) electrons. The van der Waals surface area contributed by atoms with Crippen LogP contribution in [0.1, 0.15) is 20.8 Å². The average molecular weight is 192 g/mol. The average Bonchev–Trinajstić information content (AvgIpc) is 1.86. The van der Waals surface area contributed by atoms with E-state index in [4.69, 9.17) is 15.3 Å². The van der Waals surface area contributed by atoms with Gasteiger partial charge in [-0.2, -0.15) is 0 Å². The van der Waals surface area contributed by atoms with Gasteiger partial charge < -0.3 is 15.3 Å². The minimum Gasteiger partial charge on any atom is -0.479 e. The highest BCUT2D eigenvalue weighted by atomic mass is 16.4. The molecule has 13 heavy (non-hydrogen) atoms. The highest BCUT2D eigenvalue weighted by Gasteiger charge is 2.21. The van der Waals surface area contributed by atoms with Crippen LogP contribution in [0.3, 0.4) is 0 Å². The number of Topliss-reactive ketones (excluding diaryl/α,β-unsaturated/α-hetero) is 1. The van der Waals surface area contributed by atoms with E-state index in [2.05, 4.69) is 0 Å². The van der Waals surface area contributed by atoms with Crippen molar-refractivity contribution in [1.29, 1.82) is 0 Å². The van der Waals surface area contributed by atoms with Gasteiger partial charge in [0, 0.05) is 6.92 Å². The smallest absolute Gasteiger partial charge is 0.371 e. The summed E-state index contributed by atoms with van der Waals surface area (Å²) in [4.78, 5) is 28.7. The fourth-order valence-corrected chi connectivity index (χ4v) is 0. The Morgan fingerprint density at radius 2 is 1.23 bits per heavy atom. The van der Waals surface area contributed by atoms with Crippen LogP contribution in [0.15, 0.2) is 0 Å². The maximum Gasteiger partial charge on any atom is 0.371 e. The third-order valence-corrected chi connectivity index (χ3v) is 0.825. The van der Waals surface area contributed by atoms with Crippen LogP contribution in [-0.2, 0) is 14.4 Å². The first-order valence-corrected chi connectivity index (χ1v) is 3.28. The van der Waals surface area contributed by atoms with E-state index in [1.54, 1.807) is 0 Å². The Balaban J connectivity index is 0. The molecule has 0 aromatic carbocycles. The van der Waals surface area contributed by atoms with Gasteiger partial charge in [-0.1, -0.05) is 0 Å². The molecule has 0 unspecified atom stereocenters. The van der Waals surface area contributed by atoms with Crippen LogP contribution in [0, 0.1) is 0 Å². The molecule has 0 spiro atoms. The van der Waals surface area contributed by atoms with Crippen LogP contribution in [0.25, 0.3) is 0 Å². The fourth-order valence-electron chi connectivity index (χ4n) is 0. The van der Waals surface area contributed by atoms with Gasteiger partial charge in [0.15, 0.2) is 5.60 Å². The first-order valence-electron chi connectivity index (χ1n) is 3.28. The van der Waals surface area contributed by atoms with Crippen molar-refractivity contribution in [3.63, 3.8) is 0 Å². The summed E-state index contributed by atoms with van der Waals surface area (Å²) in [5, 5.41) is 24.1. The van der Waals surface area contributed by atoms with Gasteiger partial charge in [-0.05, 0) is 13.8 Å². The summed E-state index contributed by atoms with van der Waals surface area (Å²) in [6, 6.07) is 0. The molecule has 0 fully saturated rings. The number of hydrogen-bond acceptors (Lipinski definition) is 4. The molecule has 0 aliphatic heterocycles.